The van der Waals surface area contributed by atoms with Gasteiger partial charge in [0.15, 0.2) is 0 Å². The second-order valence-electron chi connectivity index (χ2n) is 5.53. The van der Waals surface area contributed by atoms with Crippen LogP contribution in [0.15, 0.2) is 18.2 Å². The molecule has 93 valence electrons. The molecule has 1 aliphatic rings. The molecule has 0 bridgehead atoms. The number of rotatable bonds is 2. The van der Waals surface area contributed by atoms with E-state index in [2.05, 4.69) is 39.0 Å². The van der Waals surface area contributed by atoms with E-state index in [1.165, 1.54) is 17.0 Å². The minimum absolute atomic E-state index is 0.376. The number of nitrogens with zero attached hydrogens (tertiary/aromatic N) is 1. The summed E-state index contributed by atoms with van der Waals surface area (Å²) in [4.78, 5) is 1.96. The number of aliphatic hydroxyl groups excluding tert-OH is 1. The third-order valence-electron chi connectivity index (χ3n) is 3.48. The molecule has 1 unspecified atom stereocenters. The van der Waals surface area contributed by atoms with Gasteiger partial charge in [0.2, 0.25) is 0 Å². The van der Waals surface area contributed by atoms with Crippen LogP contribution in [0.5, 0.6) is 0 Å². The van der Waals surface area contributed by atoms with E-state index in [1.807, 2.05) is 11.9 Å². The maximum Gasteiger partial charge on any atom is 0.127 e. The van der Waals surface area contributed by atoms with Gasteiger partial charge in [-0.1, -0.05) is 32.9 Å². The first kappa shape index (κ1) is 12.4. The van der Waals surface area contributed by atoms with Crippen molar-refractivity contribution < 1.29 is 5.11 Å². The number of hydrogen-bond donors (Lipinski definition) is 1. The van der Waals surface area contributed by atoms with Crippen molar-refractivity contribution in [2.24, 2.45) is 5.92 Å². The van der Waals surface area contributed by atoms with Gasteiger partial charge in [0, 0.05) is 25.1 Å². The third kappa shape index (κ3) is 2.47. The molecule has 1 aliphatic heterocycles. The summed E-state index contributed by atoms with van der Waals surface area (Å²) in [6, 6.07) is 6.60. The Morgan fingerprint density at radius 2 is 2.12 bits per heavy atom. The molecule has 0 saturated heterocycles. The van der Waals surface area contributed by atoms with Crippen LogP contribution < -0.4 is 4.90 Å². The van der Waals surface area contributed by atoms with E-state index in [-0.39, 0.29) is 6.23 Å². The van der Waals surface area contributed by atoms with Crippen LogP contribution in [0, 0.1) is 11.8 Å². The summed E-state index contributed by atoms with van der Waals surface area (Å²) < 4.78 is 0. The van der Waals surface area contributed by atoms with E-state index in [0.717, 1.165) is 18.5 Å². The second-order valence-corrected chi connectivity index (χ2v) is 5.53. The fourth-order valence-electron chi connectivity index (χ4n) is 2.51. The largest absolute Gasteiger partial charge is 0.374 e. The molecular weight excluding hydrogens is 210 g/mol. The first-order chi connectivity index (χ1) is 7.99. The lowest BCUT2D eigenvalue weighted by atomic mass is 9.88. The normalized spacial score (nSPS) is 20.8. The topological polar surface area (TPSA) is 23.5 Å². The molecule has 1 N–H and O–H groups in total. The van der Waals surface area contributed by atoms with Crippen LogP contribution >= 0.6 is 0 Å². The highest BCUT2D eigenvalue weighted by molar-refractivity contribution is 5.62. The zero-order chi connectivity index (χ0) is 12.6. The average molecular weight is 232 g/mol. The Bertz CT molecular complexity index is 400. The van der Waals surface area contributed by atoms with Crippen LogP contribution in [0.3, 0.4) is 0 Å². The van der Waals surface area contributed by atoms with Gasteiger partial charge >= 0.3 is 0 Å². The van der Waals surface area contributed by atoms with E-state index in [4.69, 9.17) is 0 Å². The van der Waals surface area contributed by atoms with Crippen molar-refractivity contribution in [2.45, 2.75) is 39.8 Å². The molecular formula is C15H22NO. The van der Waals surface area contributed by atoms with Gasteiger partial charge in [-0.15, -0.1) is 0 Å². The lowest BCUT2D eigenvalue weighted by molar-refractivity contribution is 0.166. The summed E-state index contributed by atoms with van der Waals surface area (Å²) in [5.74, 6) is 1.97. The highest BCUT2D eigenvalue weighted by Crippen LogP contribution is 2.36. The monoisotopic (exact) mass is 232 g/mol. The second kappa shape index (κ2) is 4.69. The molecule has 2 nitrogen and oxygen atoms in total. The van der Waals surface area contributed by atoms with Crippen LogP contribution in [0.4, 0.5) is 5.69 Å². The molecule has 1 atom stereocenters. The quantitative estimate of drug-likeness (QED) is 0.847. The van der Waals surface area contributed by atoms with Crippen LogP contribution in [-0.4, -0.2) is 18.4 Å². The van der Waals surface area contributed by atoms with Gasteiger partial charge in [0.05, 0.1) is 0 Å². The van der Waals surface area contributed by atoms with Gasteiger partial charge in [-0.05, 0) is 29.5 Å². The Labute approximate surface area is 104 Å². The first-order valence-corrected chi connectivity index (χ1v) is 6.35. The lowest BCUT2D eigenvalue weighted by Gasteiger charge is -2.36. The van der Waals surface area contributed by atoms with Crippen molar-refractivity contribution in [1.82, 2.24) is 0 Å². The van der Waals surface area contributed by atoms with Gasteiger partial charge in [-0.3, -0.25) is 0 Å². The molecule has 1 radical (unpaired) electrons. The number of benzene rings is 1. The van der Waals surface area contributed by atoms with E-state index in [9.17, 15) is 5.11 Å². The summed E-state index contributed by atoms with van der Waals surface area (Å²) in [5, 5.41) is 9.91. The Morgan fingerprint density at radius 1 is 1.41 bits per heavy atom. The van der Waals surface area contributed by atoms with Crippen LogP contribution in [0.25, 0.3) is 0 Å². The van der Waals surface area contributed by atoms with Gasteiger partial charge in [0.1, 0.15) is 6.23 Å². The number of fused-ring (bicyclic) bond motifs is 1. The fourth-order valence-corrected chi connectivity index (χ4v) is 2.51. The number of anilines is 1. The Hall–Kier alpha value is -1.02. The SMILES string of the molecule is C[C]1CC(O)N(C)c2ccc(CC(C)C)cc21. The van der Waals surface area contributed by atoms with Gasteiger partial charge in [-0.2, -0.15) is 0 Å². The van der Waals surface area contributed by atoms with Gasteiger partial charge in [0.25, 0.3) is 0 Å². The average Bonchev–Trinajstić information content (AvgIpc) is 2.25. The van der Waals surface area contributed by atoms with Crippen molar-refractivity contribution in [3.8, 4) is 0 Å². The summed E-state index contributed by atoms with van der Waals surface area (Å²) >= 11 is 0. The Kier molecular flexibility index (Phi) is 3.43. The summed E-state index contributed by atoms with van der Waals surface area (Å²) in [6.45, 7) is 6.60. The van der Waals surface area contributed by atoms with E-state index < -0.39 is 0 Å². The van der Waals surface area contributed by atoms with Crippen LogP contribution in [-0.2, 0) is 6.42 Å². The molecule has 17 heavy (non-hydrogen) atoms. The Morgan fingerprint density at radius 3 is 2.76 bits per heavy atom. The molecule has 1 heterocycles. The van der Waals surface area contributed by atoms with Gasteiger partial charge < -0.3 is 10.0 Å². The van der Waals surface area contributed by atoms with Crippen molar-refractivity contribution in [1.29, 1.82) is 0 Å². The third-order valence-corrected chi connectivity index (χ3v) is 3.48. The molecule has 1 aromatic carbocycles. The number of hydrogen-bond acceptors (Lipinski definition) is 2. The molecule has 0 amide bonds. The number of aliphatic hydroxyl groups is 1. The first-order valence-electron chi connectivity index (χ1n) is 6.35. The minimum atomic E-state index is -0.376. The maximum absolute atomic E-state index is 9.91. The Balaban J connectivity index is 2.34. The molecule has 0 spiro atoms. The molecule has 2 heteroatoms. The molecule has 2 rings (SSSR count). The van der Waals surface area contributed by atoms with Crippen molar-refractivity contribution in [3.63, 3.8) is 0 Å². The van der Waals surface area contributed by atoms with E-state index in [1.54, 1.807) is 0 Å². The molecule has 0 aliphatic carbocycles. The summed E-state index contributed by atoms with van der Waals surface area (Å²) in [6.07, 6.45) is 1.49. The van der Waals surface area contributed by atoms with E-state index >= 15 is 0 Å². The molecule has 0 fully saturated rings. The zero-order valence-corrected chi connectivity index (χ0v) is 11.2. The van der Waals surface area contributed by atoms with Crippen LogP contribution in [0.2, 0.25) is 0 Å². The van der Waals surface area contributed by atoms with Crippen LogP contribution in [0.1, 0.15) is 38.3 Å². The minimum Gasteiger partial charge on any atom is -0.374 e. The zero-order valence-electron chi connectivity index (χ0n) is 11.2. The fraction of sp³-hybridized carbons (Fsp3) is 0.533. The summed E-state index contributed by atoms with van der Waals surface area (Å²) in [5.41, 5.74) is 3.84. The predicted octanol–water partition coefficient (Wildman–Crippen LogP) is 2.99. The highest BCUT2D eigenvalue weighted by Gasteiger charge is 2.27. The standard InChI is InChI=1S/C15H22NO/c1-10(2)7-12-5-6-14-13(9-12)11(3)8-15(17)16(14)4/h5-6,9-10,15,17H,7-8H2,1-4H3. The lowest BCUT2D eigenvalue weighted by Crippen LogP contribution is -2.37. The smallest absolute Gasteiger partial charge is 0.127 e. The maximum atomic E-state index is 9.91. The van der Waals surface area contributed by atoms with Gasteiger partial charge in [-0.25, -0.2) is 0 Å². The van der Waals surface area contributed by atoms with Crippen molar-refractivity contribution >= 4 is 5.69 Å². The van der Waals surface area contributed by atoms with Crippen molar-refractivity contribution in [3.05, 3.63) is 35.2 Å². The van der Waals surface area contributed by atoms with E-state index in [0.29, 0.717) is 5.92 Å². The molecule has 0 aromatic heterocycles. The highest BCUT2D eigenvalue weighted by atomic mass is 16.3. The molecule has 0 saturated carbocycles. The van der Waals surface area contributed by atoms with Crippen molar-refractivity contribution in [2.75, 3.05) is 11.9 Å². The summed E-state index contributed by atoms with van der Waals surface area (Å²) in [7, 11) is 1.96. The predicted molar refractivity (Wildman–Crippen MR) is 72.0 cm³/mol. The molecule has 1 aromatic rings.